The lowest BCUT2D eigenvalue weighted by molar-refractivity contribution is 0.628. The number of imidazole rings is 1. The smallest absolute Gasteiger partial charge is 0.123 e. The normalized spacial score (nSPS) is 10.3. The van der Waals surface area contributed by atoms with E-state index in [4.69, 9.17) is 0 Å². The Hall–Kier alpha value is -1.84. The van der Waals surface area contributed by atoms with Gasteiger partial charge in [0.15, 0.2) is 0 Å². The Balaban J connectivity index is 1.99. The maximum atomic E-state index is 12.6. The first-order valence-electron chi connectivity index (χ1n) is 4.70. The standard InChI is InChI=1S/C11H12FN3/c1-15-8-13-6-11(15)7-14-10-4-2-9(12)3-5-10/h2-6,8,14H,7H2,1H3. The number of hydrogen-bond donors (Lipinski definition) is 1. The predicted molar refractivity (Wildman–Crippen MR) is 56.9 cm³/mol. The Morgan fingerprint density at radius 2 is 2.07 bits per heavy atom. The van der Waals surface area contributed by atoms with Crippen LogP contribution in [0, 0.1) is 5.82 Å². The highest BCUT2D eigenvalue weighted by Gasteiger charge is 1.98. The molecule has 3 nitrogen and oxygen atoms in total. The predicted octanol–water partition coefficient (Wildman–Crippen LogP) is 2.17. The van der Waals surface area contributed by atoms with Crippen LogP contribution >= 0.6 is 0 Å². The maximum absolute atomic E-state index is 12.6. The van der Waals surface area contributed by atoms with E-state index in [1.54, 1.807) is 24.7 Å². The zero-order valence-electron chi connectivity index (χ0n) is 8.44. The minimum Gasteiger partial charge on any atom is -0.379 e. The molecule has 0 atom stereocenters. The van der Waals surface area contributed by atoms with E-state index in [1.165, 1.54) is 12.1 Å². The molecule has 0 radical (unpaired) electrons. The lowest BCUT2D eigenvalue weighted by Crippen LogP contribution is -2.03. The summed E-state index contributed by atoms with van der Waals surface area (Å²) in [5, 5.41) is 3.19. The topological polar surface area (TPSA) is 29.9 Å². The van der Waals surface area contributed by atoms with Gasteiger partial charge in [-0.2, -0.15) is 0 Å². The molecule has 2 aromatic rings. The van der Waals surface area contributed by atoms with Crippen molar-refractivity contribution in [3.63, 3.8) is 0 Å². The van der Waals surface area contributed by atoms with Crippen LogP contribution in [0.3, 0.4) is 0 Å². The number of halogens is 1. The fourth-order valence-electron chi connectivity index (χ4n) is 1.32. The maximum Gasteiger partial charge on any atom is 0.123 e. The van der Waals surface area contributed by atoms with Gasteiger partial charge >= 0.3 is 0 Å². The molecular formula is C11H12FN3. The number of hydrogen-bond acceptors (Lipinski definition) is 2. The van der Waals surface area contributed by atoms with Crippen LogP contribution in [-0.2, 0) is 13.6 Å². The Labute approximate surface area is 87.6 Å². The van der Waals surface area contributed by atoms with E-state index >= 15 is 0 Å². The second-order valence-electron chi connectivity index (χ2n) is 3.36. The van der Waals surface area contributed by atoms with E-state index in [2.05, 4.69) is 10.3 Å². The molecule has 1 aromatic heterocycles. The van der Waals surface area contributed by atoms with Gasteiger partial charge in [-0.25, -0.2) is 9.37 Å². The molecule has 1 heterocycles. The van der Waals surface area contributed by atoms with Crippen molar-refractivity contribution in [3.05, 3.63) is 48.3 Å². The molecule has 0 aliphatic carbocycles. The van der Waals surface area contributed by atoms with Crippen molar-refractivity contribution in [1.82, 2.24) is 9.55 Å². The third kappa shape index (κ3) is 2.34. The average molecular weight is 205 g/mol. The molecule has 0 aliphatic heterocycles. The van der Waals surface area contributed by atoms with Crippen LogP contribution in [-0.4, -0.2) is 9.55 Å². The molecular weight excluding hydrogens is 193 g/mol. The minimum atomic E-state index is -0.221. The summed E-state index contributed by atoms with van der Waals surface area (Å²) in [5.74, 6) is -0.221. The van der Waals surface area contributed by atoms with Crippen molar-refractivity contribution < 1.29 is 4.39 Å². The molecule has 78 valence electrons. The zero-order valence-corrected chi connectivity index (χ0v) is 8.44. The summed E-state index contributed by atoms with van der Waals surface area (Å²) in [4.78, 5) is 4.01. The molecule has 0 saturated carbocycles. The average Bonchev–Trinajstić information content (AvgIpc) is 2.63. The van der Waals surface area contributed by atoms with Crippen LogP contribution in [0.25, 0.3) is 0 Å². The summed E-state index contributed by atoms with van der Waals surface area (Å²) in [7, 11) is 1.94. The van der Waals surface area contributed by atoms with Crippen LogP contribution in [0.5, 0.6) is 0 Å². The molecule has 15 heavy (non-hydrogen) atoms. The van der Waals surface area contributed by atoms with Gasteiger partial charge in [-0.1, -0.05) is 0 Å². The highest BCUT2D eigenvalue weighted by molar-refractivity contribution is 5.42. The molecule has 1 N–H and O–H groups in total. The van der Waals surface area contributed by atoms with Crippen LogP contribution in [0.15, 0.2) is 36.8 Å². The summed E-state index contributed by atoms with van der Waals surface area (Å²) < 4.78 is 14.6. The molecule has 0 spiro atoms. The van der Waals surface area contributed by atoms with Gasteiger partial charge in [0.2, 0.25) is 0 Å². The van der Waals surface area contributed by atoms with Crippen molar-refractivity contribution in [2.75, 3.05) is 5.32 Å². The van der Waals surface area contributed by atoms with Crippen molar-refractivity contribution >= 4 is 5.69 Å². The van der Waals surface area contributed by atoms with Crippen molar-refractivity contribution in [3.8, 4) is 0 Å². The van der Waals surface area contributed by atoms with Gasteiger partial charge in [0.25, 0.3) is 0 Å². The van der Waals surface area contributed by atoms with Gasteiger partial charge in [0, 0.05) is 18.9 Å². The first kappa shape index (κ1) is 9.71. The summed E-state index contributed by atoms with van der Waals surface area (Å²) in [5.41, 5.74) is 1.98. The number of anilines is 1. The number of nitrogens with zero attached hydrogens (tertiary/aromatic N) is 2. The van der Waals surface area contributed by atoms with E-state index in [0.29, 0.717) is 6.54 Å². The number of rotatable bonds is 3. The molecule has 1 aromatic carbocycles. The fraction of sp³-hybridized carbons (Fsp3) is 0.182. The molecule has 0 bridgehead atoms. The van der Waals surface area contributed by atoms with Crippen LogP contribution < -0.4 is 5.32 Å². The van der Waals surface area contributed by atoms with E-state index in [-0.39, 0.29) is 5.82 Å². The van der Waals surface area contributed by atoms with Gasteiger partial charge < -0.3 is 9.88 Å². The molecule has 0 unspecified atom stereocenters. The van der Waals surface area contributed by atoms with Crippen LogP contribution in [0.2, 0.25) is 0 Å². The largest absolute Gasteiger partial charge is 0.379 e. The third-order valence-corrected chi connectivity index (χ3v) is 2.23. The van der Waals surface area contributed by atoms with Gasteiger partial charge in [0.1, 0.15) is 5.82 Å². The second-order valence-corrected chi connectivity index (χ2v) is 3.36. The second kappa shape index (κ2) is 4.13. The van der Waals surface area contributed by atoms with E-state index < -0.39 is 0 Å². The summed E-state index contributed by atoms with van der Waals surface area (Å²) in [6.45, 7) is 0.683. The number of nitrogens with one attached hydrogen (secondary N) is 1. The highest BCUT2D eigenvalue weighted by atomic mass is 19.1. The van der Waals surface area contributed by atoms with Crippen molar-refractivity contribution in [2.24, 2.45) is 7.05 Å². The fourth-order valence-corrected chi connectivity index (χ4v) is 1.32. The SMILES string of the molecule is Cn1cncc1CNc1ccc(F)cc1. The Morgan fingerprint density at radius 1 is 1.33 bits per heavy atom. The first-order chi connectivity index (χ1) is 7.25. The van der Waals surface area contributed by atoms with Gasteiger partial charge in [-0.05, 0) is 24.3 Å². The first-order valence-corrected chi connectivity index (χ1v) is 4.70. The highest BCUT2D eigenvalue weighted by Crippen LogP contribution is 2.09. The van der Waals surface area contributed by atoms with Gasteiger partial charge in [-0.3, -0.25) is 0 Å². The third-order valence-electron chi connectivity index (χ3n) is 2.23. The molecule has 4 heteroatoms. The lowest BCUT2D eigenvalue weighted by atomic mass is 10.3. The lowest BCUT2D eigenvalue weighted by Gasteiger charge is -2.06. The summed E-state index contributed by atoms with van der Waals surface area (Å²) >= 11 is 0. The van der Waals surface area contributed by atoms with Crippen LogP contribution in [0.4, 0.5) is 10.1 Å². The van der Waals surface area contributed by atoms with Crippen molar-refractivity contribution in [1.29, 1.82) is 0 Å². The summed E-state index contributed by atoms with van der Waals surface area (Å²) in [6.07, 6.45) is 3.55. The number of aryl methyl sites for hydroxylation is 1. The molecule has 0 saturated heterocycles. The van der Waals surface area contributed by atoms with E-state index in [9.17, 15) is 4.39 Å². The van der Waals surface area contributed by atoms with Gasteiger partial charge in [0.05, 0.1) is 18.6 Å². The zero-order chi connectivity index (χ0) is 10.7. The Kier molecular flexibility index (Phi) is 2.67. The summed E-state index contributed by atoms with van der Waals surface area (Å²) in [6, 6.07) is 6.30. The molecule has 0 amide bonds. The molecule has 0 fully saturated rings. The quantitative estimate of drug-likeness (QED) is 0.832. The van der Waals surface area contributed by atoms with E-state index in [0.717, 1.165) is 11.4 Å². The minimum absolute atomic E-state index is 0.221. The number of aromatic nitrogens is 2. The van der Waals surface area contributed by atoms with Crippen LogP contribution in [0.1, 0.15) is 5.69 Å². The molecule has 0 aliphatic rings. The molecule has 2 rings (SSSR count). The Bertz CT molecular complexity index is 433. The van der Waals surface area contributed by atoms with Gasteiger partial charge in [-0.15, -0.1) is 0 Å². The number of benzene rings is 1. The monoisotopic (exact) mass is 205 g/mol. The van der Waals surface area contributed by atoms with E-state index in [1.807, 2.05) is 11.6 Å². The van der Waals surface area contributed by atoms with Crippen molar-refractivity contribution in [2.45, 2.75) is 6.54 Å². The Morgan fingerprint density at radius 3 is 2.67 bits per heavy atom.